The molecule has 1 aromatic heterocycles. The van der Waals surface area contributed by atoms with E-state index in [0.717, 1.165) is 19.5 Å². The van der Waals surface area contributed by atoms with Gasteiger partial charge >= 0.3 is 5.97 Å². The van der Waals surface area contributed by atoms with Gasteiger partial charge in [0.05, 0.1) is 5.92 Å². The lowest BCUT2D eigenvalue weighted by atomic mass is 10.0. The van der Waals surface area contributed by atoms with Gasteiger partial charge in [0.15, 0.2) is 0 Å². The highest BCUT2D eigenvalue weighted by molar-refractivity contribution is 5.85. The van der Waals surface area contributed by atoms with Gasteiger partial charge in [-0.15, -0.1) is 0 Å². The molecule has 2 atom stereocenters. The van der Waals surface area contributed by atoms with Gasteiger partial charge in [0.2, 0.25) is 0 Å². The molecule has 0 radical (unpaired) electrons. The first-order valence-electron chi connectivity index (χ1n) is 7.50. The summed E-state index contributed by atoms with van der Waals surface area (Å²) < 4.78 is 2.24. The number of aryl methyl sites for hydroxylation is 2. The number of aliphatic carboxylic acids is 1. The number of carboxylic acid groups (broad SMARTS) is 1. The molecule has 0 spiro atoms. The second-order valence-corrected chi connectivity index (χ2v) is 6.09. The summed E-state index contributed by atoms with van der Waals surface area (Å²) in [6.45, 7) is 5.87. The standard InChI is InChI=1S/C17H22N2O2/c1-11-13-6-4-5-7-15(13)18(3)16(11)10-19-9-8-14(12(19)2)17(20)21/h4-7,12,14H,8-10H2,1-3H3,(H,20,21). The largest absolute Gasteiger partial charge is 0.481 e. The van der Waals surface area contributed by atoms with Crippen LogP contribution in [0.25, 0.3) is 10.9 Å². The first kappa shape index (κ1) is 14.1. The van der Waals surface area contributed by atoms with E-state index in [1.54, 1.807) is 0 Å². The van der Waals surface area contributed by atoms with Crippen LogP contribution in [0.2, 0.25) is 0 Å². The predicted molar refractivity (Wildman–Crippen MR) is 83.3 cm³/mol. The molecule has 1 saturated heterocycles. The summed E-state index contributed by atoms with van der Waals surface area (Å²) in [4.78, 5) is 13.5. The van der Waals surface area contributed by atoms with E-state index in [1.165, 1.54) is 22.2 Å². The Labute approximate surface area is 125 Å². The van der Waals surface area contributed by atoms with Crippen molar-refractivity contribution in [2.45, 2.75) is 32.9 Å². The minimum absolute atomic E-state index is 0.0971. The number of fused-ring (bicyclic) bond motifs is 1. The fourth-order valence-corrected chi connectivity index (χ4v) is 3.61. The zero-order chi connectivity index (χ0) is 15.1. The van der Waals surface area contributed by atoms with E-state index in [4.69, 9.17) is 0 Å². The van der Waals surface area contributed by atoms with Gasteiger partial charge < -0.3 is 9.67 Å². The van der Waals surface area contributed by atoms with Crippen LogP contribution in [0.4, 0.5) is 0 Å². The first-order valence-corrected chi connectivity index (χ1v) is 7.50. The van der Waals surface area contributed by atoms with Crippen molar-refractivity contribution in [2.24, 2.45) is 13.0 Å². The Morgan fingerprint density at radius 2 is 2.10 bits per heavy atom. The maximum Gasteiger partial charge on any atom is 0.308 e. The molecule has 1 aliphatic rings. The Morgan fingerprint density at radius 1 is 1.38 bits per heavy atom. The van der Waals surface area contributed by atoms with Crippen molar-refractivity contribution in [2.75, 3.05) is 6.54 Å². The minimum Gasteiger partial charge on any atom is -0.481 e. The Hall–Kier alpha value is -1.81. The van der Waals surface area contributed by atoms with Gasteiger partial charge in [-0.05, 0) is 38.4 Å². The van der Waals surface area contributed by atoms with Gasteiger partial charge in [-0.1, -0.05) is 18.2 Å². The first-order chi connectivity index (χ1) is 10.0. The van der Waals surface area contributed by atoms with Crippen LogP contribution in [0.1, 0.15) is 24.6 Å². The molecule has 1 aromatic carbocycles. The van der Waals surface area contributed by atoms with Crippen LogP contribution in [0, 0.1) is 12.8 Å². The number of hydrogen-bond donors (Lipinski definition) is 1. The normalized spacial score (nSPS) is 23.0. The molecule has 3 rings (SSSR count). The van der Waals surface area contributed by atoms with E-state index in [2.05, 4.69) is 47.7 Å². The number of para-hydroxylation sites is 1. The van der Waals surface area contributed by atoms with E-state index in [9.17, 15) is 9.90 Å². The molecule has 0 amide bonds. The van der Waals surface area contributed by atoms with Gasteiger partial charge in [-0.3, -0.25) is 9.69 Å². The van der Waals surface area contributed by atoms with E-state index < -0.39 is 5.97 Å². The molecule has 2 unspecified atom stereocenters. The highest BCUT2D eigenvalue weighted by Gasteiger charge is 2.35. The lowest BCUT2D eigenvalue weighted by Gasteiger charge is -2.23. The van der Waals surface area contributed by atoms with Gasteiger partial charge in [-0.25, -0.2) is 0 Å². The maximum absolute atomic E-state index is 11.3. The van der Waals surface area contributed by atoms with Crippen LogP contribution < -0.4 is 0 Å². The summed E-state index contributed by atoms with van der Waals surface area (Å²) in [6.07, 6.45) is 0.749. The summed E-state index contributed by atoms with van der Waals surface area (Å²) in [7, 11) is 2.10. The van der Waals surface area contributed by atoms with E-state index in [-0.39, 0.29) is 12.0 Å². The Morgan fingerprint density at radius 3 is 2.71 bits per heavy atom. The highest BCUT2D eigenvalue weighted by Crippen LogP contribution is 2.30. The molecular formula is C17H22N2O2. The molecule has 0 aliphatic carbocycles. The molecule has 2 heterocycles. The zero-order valence-electron chi connectivity index (χ0n) is 12.8. The van der Waals surface area contributed by atoms with Gasteiger partial charge in [0.25, 0.3) is 0 Å². The molecule has 0 bridgehead atoms. The highest BCUT2D eigenvalue weighted by atomic mass is 16.4. The SMILES string of the molecule is Cc1c(CN2CCC(C(=O)O)C2C)n(C)c2ccccc12. The van der Waals surface area contributed by atoms with Crippen molar-refractivity contribution in [3.63, 3.8) is 0 Å². The van der Waals surface area contributed by atoms with Crippen LogP contribution in [0.5, 0.6) is 0 Å². The zero-order valence-corrected chi connectivity index (χ0v) is 12.8. The lowest BCUT2D eigenvalue weighted by Crippen LogP contribution is -2.33. The third-order valence-electron chi connectivity index (χ3n) is 5.06. The number of aromatic nitrogens is 1. The number of carbonyl (C=O) groups is 1. The summed E-state index contributed by atoms with van der Waals surface area (Å²) in [5.74, 6) is -0.904. The molecule has 1 aliphatic heterocycles. The van der Waals surface area contributed by atoms with Crippen molar-refractivity contribution in [3.05, 3.63) is 35.5 Å². The Bertz CT molecular complexity index is 650. The molecule has 2 aromatic rings. The van der Waals surface area contributed by atoms with Crippen molar-refractivity contribution >= 4 is 16.9 Å². The Balaban J connectivity index is 1.91. The Kier molecular flexibility index (Phi) is 3.49. The molecule has 1 fully saturated rings. The second kappa shape index (κ2) is 5.19. The summed E-state index contributed by atoms with van der Waals surface area (Å²) in [5.41, 5.74) is 3.83. The topological polar surface area (TPSA) is 45.5 Å². The average Bonchev–Trinajstić information content (AvgIpc) is 2.94. The molecular weight excluding hydrogens is 264 g/mol. The fraction of sp³-hybridized carbons (Fsp3) is 0.471. The van der Waals surface area contributed by atoms with Gasteiger partial charge in [-0.2, -0.15) is 0 Å². The van der Waals surface area contributed by atoms with Gasteiger partial charge in [0, 0.05) is 36.2 Å². The third kappa shape index (κ3) is 2.23. The van der Waals surface area contributed by atoms with E-state index in [1.807, 2.05) is 6.92 Å². The summed E-state index contributed by atoms with van der Waals surface area (Å²) in [6, 6.07) is 8.52. The number of likely N-dealkylation sites (tertiary alicyclic amines) is 1. The quantitative estimate of drug-likeness (QED) is 0.943. The smallest absolute Gasteiger partial charge is 0.308 e. The van der Waals surface area contributed by atoms with Crippen molar-refractivity contribution in [1.82, 2.24) is 9.47 Å². The minimum atomic E-state index is -0.668. The summed E-state index contributed by atoms with van der Waals surface area (Å²) >= 11 is 0. The number of carboxylic acids is 1. The predicted octanol–water partition coefficient (Wildman–Crippen LogP) is 2.78. The third-order valence-corrected chi connectivity index (χ3v) is 5.06. The second-order valence-electron chi connectivity index (χ2n) is 6.09. The average molecular weight is 286 g/mol. The number of rotatable bonds is 3. The fourth-order valence-electron chi connectivity index (χ4n) is 3.61. The van der Waals surface area contributed by atoms with Crippen LogP contribution in [-0.4, -0.2) is 33.1 Å². The molecule has 1 N–H and O–H groups in total. The van der Waals surface area contributed by atoms with Gasteiger partial charge in [0.1, 0.15) is 0 Å². The van der Waals surface area contributed by atoms with E-state index >= 15 is 0 Å². The number of nitrogens with zero attached hydrogens (tertiary/aromatic N) is 2. The van der Waals surface area contributed by atoms with Crippen molar-refractivity contribution in [1.29, 1.82) is 0 Å². The number of benzene rings is 1. The van der Waals surface area contributed by atoms with Crippen LogP contribution in [-0.2, 0) is 18.4 Å². The van der Waals surface area contributed by atoms with Crippen LogP contribution in [0.3, 0.4) is 0 Å². The molecule has 0 saturated carbocycles. The summed E-state index contributed by atoms with van der Waals surface area (Å²) in [5, 5.41) is 10.5. The van der Waals surface area contributed by atoms with E-state index in [0.29, 0.717) is 0 Å². The van der Waals surface area contributed by atoms with Crippen molar-refractivity contribution < 1.29 is 9.90 Å². The molecule has 4 heteroatoms. The molecule has 4 nitrogen and oxygen atoms in total. The van der Waals surface area contributed by atoms with Crippen molar-refractivity contribution in [3.8, 4) is 0 Å². The lowest BCUT2D eigenvalue weighted by molar-refractivity contribution is -0.142. The monoisotopic (exact) mass is 286 g/mol. The van der Waals surface area contributed by atoms with Crippen LogP contribution >= 0.6 is 0 Å². The van der Waals surface area contributed by atoms with Crippen LogP contribution in [0.15, 0.2) is 24.3 Å². The maximum atomic E-state index is 11.3. The molecule has 21 heavy (non-hydrogen) atoms. The molecule has 112 valence electrons. The number of hydrogen-bond acceptors (Lipinski definition) is 2.